The number of amides is 1. The maximum Gasteiger partial charge on any atom is 0.246 e. The predicted octanol–water partition coefficient (Wildman–Crippen LogP) is 1.17. The van der Waals surface area contributed by atoms with Crippen LogP contribution in [0.5, 0.6) is 0 Å². The molecule has 0 aromatic carbocycles. The zero-order valence-corrected chi connectivity index (χ0v) is 11.7. The van der Waals surface area contributed by atoms with Crippen LogP contribution in [-0.2, 0) is 23.2 Å². The molecule has 2 rings (SSSR count). The van der Waals surface area contributed by atoms with E-state index in [4.69, 9.17) is 4.74 Å². The van der Waals surface area contributed by atoms with Crippen molar-refractivity contribution in [1.29, 1.82) is 0 Å². The average molecular weight is 266 g/mol. The molecule has 0 saturated heterocycles. The molecule has 1 heterocycles. The van der Waals surface area contributed by atoms with Crippen LogP contribution in [0.25, 0.3) is 0 Å². The van der Waals surface area contributed by atoms with Crippen LogP contribution in [0.2, 0.25) is 0 Å². The number of nitrogens with one attached hydrogen (secondary N) is 1. The summed E-state index contributed by atoms with van der Waals surface area (Å²) in [6.07, 6.45) is 7.38. The first kappa shape index (κ1) is 14.0. The van der Waals surface area contributed by atoms with Crippen LogP contribution >= 0.6 is 0 Å². The molecule has 0 spiro atoms. The van der Waals surface area contributed by atoms with E-state index in [9.17, 15) is 4.79 Å². The molecule has 1 aliphatic carbocycles. The van der Waals surface area contributed by atoms with Crippen LogP contribution in [0.3, 0.4) is 0 Å². The van der Waals surface area contributed by atoms with Crippen molar-refractivity contribution in [2.45, 2.75) is 51.2 Å². The highest BCUT2D eigenvalue weighted by atomic mass is 16.5. The predicted molar refractivity (Wildman–Crippen MR) is 70.3 cm³/mol. The van der Waals surface area contributed by atoms with E-state index in [-0.39, 0.29) is 18.1 Å². The fourth-order valence-electron chi connectivity index (χ4n) is 2.50. The Morgan fingerprint density at radius 1 is 1.47 bits per heavy atom. The number of aromatic nitrogens is 3. The lowest BCUT2D eigenvalue weighted by Crippen LogP contribution is -2.48. The van der Waals surface area contributed by atoms with E-state index in [2.05, 4.69) is 22.4 Å². The molecule has 0 aliphatic heterocycles. The Morgan fingerprint density at radius 2 is 2.21 bits per heavy atom. The molecule has 1 N–H and O–H groups in total. The largest absolute Gasteiger partial charge is 0.364 e. The zero-order valence-electron chi connectivity index (χ0n) is 11.7. The van der Waals surface area contributed by atoms with Crippen LogP contribution in [0, 0.1) is 0 Å². The Hall–Kier alpha value is -1.43. The van der Waals surface area contributed by atoms with Crippen LogP contribution in [0.4, 0.5) is 0 Å². The van der Waals surface area contributed by atoms with Crippen molar-refractivity contribution >= 4 is 5.91 Å². The molecular formula is C13H22N4O2. The van der Waals surface area contributed by atoms with E-state index in [0.717, 1.165) is 18.7 Å². The first-order valence-corrected chi connectivity index (χ1v) is 6.81. The van der Waals surface area contributed by atoms with Gasteiger partial charge in [0.2, 0.25) is 5.91 Å². The van der Waals surface area contributed by atoms with Crippen LogP contribution < -0.4 is 5.32 Å². The molecule has 1 fully saturated rings. The molecule has 0 bridgehead atoms. The molecule has 0 atom stereocenters. The number of rotatable bonds is 5. The highest BCUT2D eigenvalue weighted by Crippen LogP contribution is 2.27. The minimum Gasteiger partial charge on any atom is -0.364 e. The van der Waals surface area contributed by atoms with Gasteiger partial charge in [0, 0.05) is 12.6 Å². The third-order valence-corrected chi connectivity index (χ3v) is 3.67. The first-order chi connectivity index (χ1) is 9.09. The summed E-state index contributed by atoms with van der Waals surface area (Å²) in [7, 11) is 1.85. The Balaban J connectivity index is 1.71. The van der Waals surface area contributed by atoms with Crippen molar-refractivity contribution < 1.29 is 9.53 Å². The van der Waals surface area contributed by atoms with E-state index < -0.39 is 0 Å². The van der Waals surface area contributed by atoms with Gasteiger partial charge in [0.15, 0.2) is 5.82 Å². The van der Waals surface area contributed by atoms with Gasteiger partial charge in [0.1, 0.15) is 19.5 Å². The van der Waals surface area contributed by atoms with Gasteiger partial charge in [-0.2, -0.15) is 0 Å². The molecule has 1 saturated carbocycles. The Bertz CT molecular complexity index is 424. The summed E-state index contributed by atoms with van der Waals surface area (Å²) in [6.45, 7) is 2.50. The topological polar surface area (TPSA) is 69.0 Å². The molecule has 0 unspecified atom stereocenters. The number of carbonyl (C=O) groups excluding carboxylic acids is 1. The van der Waals surface area contributed by atoms with Gasteiger partial charge in [-0.1, -0.05) is 19.3 Å². The van der Waals surface area contributed by atoms with Gasteiger partial charge in [0.25, 0.3) is 0 Å². The van der Waals surface area contributed by atoms with Crippen molar-refractivity contribution in [2.75, 3.05) is 6.61 Å². The molecule has 6 heteroatoms. The second-order valence-corrected chi connectivity index (χ2v) is 5.52. The fourth-order valence-corrected chi connectivity index (χ4v) is 2.50. The molecule has 1 aromatic rings. The molecular weight excluding hydrogens is 244 g/mol. The standard InChI is InChI=1S/C13H22N4O2/c1-13(6-4-3-5-7-13)15-12(18)9-19-8-11-16-14-10-17(11)2/h10H,3-9H2,1-2H3,(H,15,18). The molecule has 106 valence electrons. The van der Waals surface area contributed by atoms with Gasteiger partial charge in [-0.15, -0.1) is 10.2 Å². The van der Waals surface area contributed by atoms with Gasteiger partial charge in [0.05, 0.1) is 0 Å². The van der Waals surface area contributed by atoms with E-state index in [0.29, 0.717) is 6.61 Å². The molecule has 1 aliphatic rings. The lowest BCUT2D eigenvalue weighted by molar-refractivity contribution is -0.128. The van der Waals surface area contributed by atoms with Crippen LogP contribution in [0.15, 0.2) is 6.33 Å². The van der Waals surface area contributed by atoms with Crippen molar-refractivity contribution in [3.8, 4) is 0 Å². The summed E-state index contributed by atoms with van der Waals surface area (Å²) in [5, 5.41) is 10.7. The average Bonchev–Trinajstić information content (AvgIpc) is 2.75. The summed E-state index contributed by atoms with van der Waals surface area (Å²) in [5.74, 6) is 0.670. The smallest absolute Gasteiger partial charge is 0.246 e. The van der Waals surface area contributed by atoms with E-state index in [1.807, 2.05) is 7.05 Å². The van der Waals surface area contributed by atoms with Crippen molar-refractivity contribution in [1.82, 2.24) is 20.1 Å². The highest BCUT2D eigenvalue weighted by Gasteiger charge is 2.28. The third-order valence-electron chi connectivity index (χ3n) is 3.67. The van der Waals surface area contributed by atoms with E-state index >= 15 is 0 Å². The summed E-state index contributed by atoms with van der Waals surface area (Å²) in [4.78, 5) is 11.9. The minimum absolute atomic E-state index is 0.0495. The number of ether oxygens (including phenoxy) is 1. The molecule has 0 radical (unpaired) electrons. The van der Waals surface area contributed by atoms with Gasteiger partial charge in [-0.3, -0.25) is 4.79 Å². The maximum absolute atomic E-state index is 11.9. The number of aryl methyl sites for hydroxylation is 1. The van der Waals surface area contributed by atoms with E-state index in [1.54, 1.807) is 10.9 Å². The lowest BCUT2D eigenvalue weighted by Gasteiger charge is -2.34. The molecule has 19 heavy (non-hydrogen) atoms. The highest BCUT2D eigenvalue weighted by molar-refractivity contribution is 5.78. The summed E-state index contributed by atoms with van der Waals surface area (Å²) < 4.78 is 7.15. The molecule has 1 aromatic heterocycles. The van der Waals surface area contributed by atoms with Crippen molar-refractivity contribution in [3.05, 3.63) is 12.2 Å². The summed E-state index contributed by atoms with van der Waals surface area (Å²) >= 11 is 0. The fraction of sp³-hybridized carbons (Fsp3) is 0.769. The quantitative estimate of drug-likeness (QED) is 0.868. The Kier molecular flexibility index (Phi) is 4.52. The number of carbonyl (C=O) groups is 1. The van der Waals surface area contributed by atoms with Gasteiger partial charge < -0.3 is 14.6 Å². The zero-order chi connectivity index (χ0) is 13.7. The van der Waals surface area contributed by atoms with Crippen molar-refractivity contribution in [2.24, 2.45) is 7.05 Å². The minimum atomic E-state index is -0.0521. The van der Waals surface area contributed by atoms with E-state index in [1.165, 1.54) is 19.3 Å². The Labute approximate surface area is 113 Å². The van der Waals surface area contributed by atoms with Gasteiger partial charge >= 0.3 is 0 Å². The summed E-state index contributed by atoms with van der Waals surface area (Å²) in [6, 6.07) is 0. The van der Waals surface area contributed by atoms with Gasteiger partial charge in [-0.25, -0.2) is 0 Å². The normalized spacial score (nSPS) is 18.2. The van der Waals surface area contributed by atoms with Crippen molar-refractivity contribution in [3.63, 3.8) is 0 Å². The molecule has 6 nitrogen and oxygen atoms in total. The second kappa shape index (κ2) is 6.14. The monoisotopic (exact) mass is 266 g/mol. The number of hydrogen-bond acceptors (Lipinski definition) is 4. The van der Waals surface area contributed by atoms with Crippen LogP contribution in [-0.4, -0.2) is 32.8 Å². The number of nitrogens with zero attached hydrogens (tertiary/aromatic N) is 3. The third kappa shape index (κ3) is 4.02. The Morgan fingerprint density at radius 3 is 2.84 bits per heavy atom. The SMILES string of the molecule is Cn1cnnc1COCC(=O)NC1(C)CCCCC1. The molecule has 1 amide bonds. The first-order valence-electron chi connectivity index (χ1n) is 6.81. The second-order valence-electron chi connectivity index (χ2n) is 5.52. The number of hydrogen-bond donors (Lipinski definition) is 1. The van der Waals surface area contributed by atoms with Crippen LogP contribution in [0.1, 0.15) is 44.9 Å². The summed E-state index contributed by atoms with van der Waals surface area (Å²) in [5.41, 5.74) is -0.0521. The maximum atomic E-state index is 11.9. The lowest BCUT2D eigenvalue weighted by atomic mass is 9.83. The van der Waals surface area contributed by atoms with Gasteiger partial charge in [-0.05, 0) is 19.8 Å².